The third-order valence-electron chi connectivity index (χ3n) is 3.62. The Morgan fingerprint density at radius 1 is 1.08 bits per heavy atom. The van der Waals surface area contributed by atoms with E-state index in [1.165, 1.54) is 18.3 Å². The molecule has 0 unspecified atom stereocenters. The van der Waals surface area contributed by atoms with Crippen molar-refractivity contribution in [2.45, 2.75) is 13.5 Å². The zero-order valence-corrected chi connectivity index (χ0v) is 13.2. The van der Waals surface area contributed by atoms with Crippen molar-refractivity contribution in [3.63, 3.8) is 0 Å². The highest BCUT2D eigenvalue weighted by atomic mass is 19.1. The lowest BCUT2D eigenvalue weighted by Gasteiger charge is -2.08. The van der Waals surface area contributed by atoms with Gasteiger partial charge in [0.05, 0.1) is 11.3 Å². The first-order valence-electron chi connectivity index (χ1n) is 7.55. The summed E-state index contributed by atoms with van der Waals surface area (Å²) in [7, 11) is 0. The number of nitrogens with one attached hydrogen (secondary N) is 1. The van der Waals surface area contributed by atoms with E-state index in [0.717, 1.165) is 11.1 Å². The molecule has 0 atom stereocenters. The van der Waals surface area contributed by atoms with Crippen molar-refractivity contribution < 1.29 is 9.18 Å². The van der Waals surface area contributed by atoms with Gasteiger partial charge in [-0.1, -0.05) is 42.5 Å². The molecule has 1 heterocycles. The van der Waals surface area contributed by atoms with E-state index in [2.05, 4.69) is 15.3 Å². The average Bonchev–Trinajstić information content (AvgIpc) is 2.61. The van der Waals surface area contributed by atoms with Crippen LogP contribution in [0.15, 0.2) is 60.8 Å². The molecular formula is C19H16FN3O. The first-order valence-corrected chi connectivity index (χ1v) is 7.55. The summed E-state index contributed by atoms with van der Waals surface area (Å²) >= 11 is 0. The summed E-state index contributed by atoms with van der Waals surface area (Å²) in [5.74, 6) is 0.0328. The summed E-state index contributed by atoms with van der Waals surface area (Å²) in [4.78, 5) is 21.0. The molecule has 1 N–H and O–H groups in total. The van der Waals surface area contributed by atoms with Gasteiger partial charge >= 0.3 is 0 Å². The minimum absolute atomic E-state index is 0.253. The minimum Gasteiger partial charge on any atom is -0.348 e. The van der Waals surface area contributed by atoms with Crippen molar-refractivity contribution in [2.24, 2.45) is 0 Å². The SMILES string of the molecule is Cc1nc(-c2ccccc2)ncc1C(=O)NCc1ccc(F)cc1. The van der Waals surface area contributed by atoms with Gasteiger partial charge in [-0.2, -0.15) is 0 Å². The summed E-state index contributed by atoms with van der Waals surface area (Å²) in [6, 6.07) is 15.6. The van der Waals surface area contributed by atoms with E-state index in [9.17, 15) is 9.18 Å². The Morgan fingerprint density at radius 2 is 1.79 bits per heavy atom. The number of amides is 1. The monoisotopic (exact) mass is 321 g/mol. The third-order valence-corrected chi connectivity index (χ3v) is 3.62. The molecule has 2 aromatic carbocycles. The van der Waals surface area contributed by atoms with Gasteiger partial charge in [0.25, 0.3) is 5.91 Å². The Balaban J connectivity index is 1.72. The average molecular weight is 321 g/mol. The number of benzene rings is 2. The third kappa shape index (κ3) is 3.63. The lowest BCUT2D eigenvalue weighted by Crippen LogP contribution is -2.24. The number of aryl methyl sites for hydroxylation is 1. The van der Waals surface area contributed by atoms with Gasteiger partial charge < -0.3 is 5.32 Å². The molecule has 0 fully saturated rings. The molecule has 3 rings (SSSR count). The lowest BCUT2D eigenvalue weighted by atomic mass is 10.1. The van der Waals surface area contributed by atoms with E-state index in [1.807, 2.05) is 30.3 Å². The fourth-order valence-electron chi connectivity index (χ4n) is 2.30. The van der Waals surface area contributed by atoms with E-state index in [1.54, 1.807) is 19.1 Å². The number of aromatic nitrogens is 2. The summed E-state index contributed by atoms with van der Waals surface area (Å²) in [5.41, 5.74) is 2.76. The highest BCUT2D eigenvalue weighted by Gasteiger charge is 2.12. The Kier molecular flexibility index (Phi) is 4.61. The first kappa shape index (κ1) is 15.8. The number of carbonyl (C=O) groups is 1. The van der Waals surface area contributed by atoms with Crippen LogP contribution in [0, 0.1) is 12.7 Å². The molecule has 120 valence electrons. The predicted molar refractivity (Wildman–Crippen MR) is 89.8 cm³/mol. The molecule has 4 nitrogen and oxygen atoms in total. The number of hydrogen-bond acceptors (Lipinski definition) is 3. The second kappa shape index (κ2) is 7.00. The number of halogens is 1. The maximum Gasteiger partial charge on any atom is 0.254 e. The van der Waals surface area contributed by atoms with Crippen LogP contribution >= 0.6 is 0 Å². The smallest absolute Gasteiger partial charge is 0.254 e. The van der Waals surface area contributed by atoms with E-state index < -0.39 is 0 Å². The number of carbonyl (C=O) groups excluding carboxylic acids is 1. The van der Waals surface area contributed by atoms with Gasteiger partial charge in [0.1, 0.15) is 5.82 Å². The molecule has 5 heteroatoms. The van der Waals surface area contributed by atoms with Gasteiger partial charge in [0.15, 0.2) is 5.82 Å². The maximum atomic E-state index is 12.9. The van der Waals surface area contributed by atoms with Gasteiger partial charge in [-0.05, 0) is 24.6 Å². The number of rotatable bonds is 4. The summed E-state index contributed by atoms with van der Waals surface area (Å²) in [5, 5.41) is 2.79. The molecule has 0 saturated carbocycles. The van der Waals surface area contributed by atoms with Gasteiger partial charge in [-0.15, -0.1) is 0 Å². The van der Waals surface area contributed by atoms with Crippen LogP contribution in [-0.2, 0) is 6.54 Å². The largest absolute Gasteiger partial charge is 0.348 e. The topological polar surface area (TPSA) is 54.9 Å². The Hall–Kier alpha value is -3.08. The van der Waals surface area contributed by atoms with Gasteiger partial charge in [0.2, 0.25) is 0 Å². The fraction of sp³-hybridized carbons (Fsp3) is 0.105. The molecule has 0 aliphatic rings. The molecule has 1 aromatic heterocycles. The van der Waals surface area contributed by atoms with Crippen LogP contribution in [0.1, 0.15) is 21.6 Å². The second-order valence-electron chi connectivity index (χ2n) is 5.37. The van der Waals surface area contributed by atoms with Gasteiger partial charge in [0, 0.05) is 18.3 Å². The van der Waals surface area contributed by atoms with Crippen LogP contribution in [0.5, 0.6) is 0 Å². The predicted octanol–water partition coefficient (Wildman–Crippen LogP) is 3.52. The molecule has 24 heavy (non-hydrogen) atoms. The standard InChI is InChI=1S/C19H16FN3O/c1-13-17(12-21-18(23-13)15-5-3-2-4-6-15)19(24)22-11-14-7-9-16(20)10-8-14/h2-10,12H,11H2,1H3,(H,22,24). The fourth-order valence-corrected chi connectivity index (χ4v) is 2.30. The van der Waals surface area contributed by atoms with Crippen molar-refractivity contribution in [1.82, 2.24) is 15.3 Å². The van der Waals surface area contributed by atoms with Crippen molar-refractivity contribution in [1.29, 1.82) is 0 Å². The first-order chi connectivity index (χ1) is 11.6. The van der Waals surface area contributed by atoms with Gasteiger partial charge in [-0.3, -0.25) is 4.79 Å². The molecule has 1 amide bonds. The van der Waals surface area contributed by atoms with Crippen LogP contribution in [0.3, 0.4) is 0 Å². The zero-order chi connectivity index (χ0) is 16.9. The zero-order valence-electron chi connectivity index (χ0n) is 13.2. The van der Waals surface area contributed by atoms with Crippen LogP contribution in [0.4, 0.5) is 4.39 Å². The van der Waals surface area contributed by atoms with Crippen LogP contribution in [0.2, 0.25) is 0 Å². The normalized spacial score (nSPS) is 10.4. The van der Waals surface area contributed by atoms with E-state index in [4.69, 9.17) is 0 Å². The van der Waals surface area contributed by atoms with E-state index >= 15 is 0 Å². The van der Waals surface area contributed by atoms with E-state index in [-0.39, 0.29) is 11.7 Å². The van der Waals surface area contributed by atoms with Crippen LogP contribution in [0.25, 0.3) is 11.4 Å². The molecule has 0 spiro atoms. The Labute approximate surface area is 139 Å². The molecular weight excluding hydrogens is 305 g/mol. The second-order valence-corrected chi connectivity index (χ2v) is 5.37. The summed E-state index contributed by atoms with van der Waals surface area (Å²) in [6.45, 7) is 2.10. The molecule has 0 bridgehead atoms. The van der Waals surface area contributed by atoms with Crippen molar-refractivity contribution in [3.05, 3.63) is 83.4 Å². The molecule has 0 saturated heterocycles. The Morgan fingerprint density at radius 3 is 2.46 bits per heavy atom. The van der Waals surface area contributed by atoms with Crippen molar-refractivity contribution in [2.75, 3.05) is 0 Å². The lowest BCUT2D eigenvalue weighted by molar-refractivity contribution is 0.0949. The van der Waals surface area contributed by atoms with Crippen molar-refractivity contribution >= 4 is 5.91 Å². The van der Waals surface area contributed by atoms with Crippen LogP contribution in [-0.4, -0.2) is 15.9 Å². The van der Waals surface area contributed by atoms with E-state index in [0.29, 0.717) is 23.6 Å². The quantitative estimate of drug-likeness (QED) is 0.800. The molecule has 3 aromatic rings. The summed E-state index contributed by atoms with van der Waals surface area (Å²) < 4.78 is 12.9. The molecule has 0 aliphatic carbocycles. The van der Waals surface area contributed by atoms with Crippen LogP contribution < -0.4 is 5.32 Å². The number of hydrogen-bond donors (Lipinski definition) is 1. The van der Waals surface area contributed by atoms with Gasteiger partial charge in [-0.25, -0.2) is 14.4 Å². The maximum absolute atomic E-state index is 12.9. The minimum atomic E-state index is -0.300. The number of nitrogens with zero attached hydrogens (tertiary/aromatic N) is 2. The molecule has 0 aliphatic heterocycles. The highest BCUT2D eigenvalue weighted by molar-refractivity contribution is 5.95. The highest BCUT2D eigenvalue weighted by Crippen LogP contribution is 2.15. The summed E-state index contributed by atoms with van der Waals surface area (Å²) in [6.07, 6.45) is 1.53. The molecule has 0 radical (unpaired) electrons. The Bertz CT molecular complexity index is 848. The van der Waals surface area contributed by atoms with Crippen molar-refractivity contribution in [3.8, 4) is 11.4 Å².